The first-order valence-corrected chi connectivity index (χ1v) is 6.31. The molecule has 0 bridgehead atoms. The number of rotatable bonds is 1. The third-order valence-electron chi connectivity index (χ3n) is 3.04. The van der Waals surface area contributed by atoms with Crippen molar-refractivity contribution in [1.29, 1.82) is 0 Å². The van der Waals surface area contributed by atoms with Crippen molar-refractivity contribution in [1.82, 2.24) is 15.1 Å². The van der Waals surface area contributed by atoms with Gasteiger partial charge in [0.05, 0.1) is 0 Å². The summed E-state index contributed by atoms with van der Waals surface area (Å²) in [6.07, 6.45) is 0. The second-order valence-electron chi connectivity index (χ2n) is 4.59. The maximum atomic E-state index is 6.19. The Labute approximate surface area is 115 Å². The number of hydrogen-bond donors (Lipinski definition) is 0. The molecule has 1 aromatic carbocycles. The van der Waals surface area contributed by atoms with Crippen LogP contribution in [0.5, 0.6) is 0 Å². The van der Waals surface area contributed by atoms with Gasteiger partial charge in [0.15, 0.2) is 0 Å². The number of halogens is 1. The summed E-state index contributed by atoms with van der Waals surface area (Å²) in [6, 6.07) is 6.14. The first-order valence-electron chi connectivity index (χ1n) is 5.93. The molecular weight excluding hydrogens is 262 g/mol. The van der Waals surface area contributed by atoms with Crippen molar-refractivity contribution in [3.8, 4) is 11.3 Å². The van der Waals surface area contributed by atoms with E-state index in [1.54, 1.807) is 6.92 Å². The molecule has 19 heavy (non-hydrogen) atoms. The summed E-state index contributed by atoms with van der Waals surface area (Å²) in [5, 5.41) is 5.14. The molecule has 96 valence electrons. The van der Waals surface area contributed by atoms with Gasteiger partial charge in [-0.15, -0.1) is 0 Å². The fourth-order valence-corrected chi connectivity index (χ4v) is 2.47. The zero-order chi connectivity index (χ0) is 13.6. The van der Waals surface area contributed by atoms with Crippen molar-refractivity contribution in [2.45, 2.75) is 20.8 Å². The molecule has 0 amide bonds. The topological polar surface area (TPSA) is 51.8 Å². The third-order valence-corrected chi connectivity index (χ3v) is 3.31. The van der Waals surface area contributed by atoms with Gasteiger partial charge in [0, 0.05) is 5.56 Å². The van der Waals surface area contributed by atoms with Crippen molar-refractivity contribution < 1.29 is 4.52 Å². The summed E-state index contributed by atoms with van der Waals surface area (Å²) in [6.45, 7) is 5.85. The van der Waals surface area contributed by atoms with Crippen molar-refractivity contribution in [3.63, 3.8) is 0 Å². The molecule has 0 aliphatic heterocycles. The highest BCUT2D eigenvalue weighted by atomic mass is 35.5. The molecule has 4 nitrogen and oxygen atoms in total. The van der Waals surface area contributed by atoms with Gasteiger partial charge in [-0.2, -0.15) is 4.98 Å². The molecule has 0 saturated heterocycles. The van der Waals surface area contributed by atoms with Crippen LogP contribution in [0.15, 0.2) is 22.7 Å². The van der Waals surface area contributed by atoms with Gasteiger partial charge in [0.25, 0.3) is 5.71 Å². The van der Waals surface area contributed by atoms with Crippen LogP contribution in [0.3, 0.4) is 0 Å². The van der Waals surface area contributed by atoms with E-state index in [0.29, 0.717) is 27.8 Å². The molecule has 0 fully saturated rings. The van der Waals surface area contributed by atoms with Gasteiger partial charge in [-0.1, -0.05) is 40.5 Å². The summed E-state index contributed by atoms with van der Waals surface area (Å²) < 4.78 is 5.26. The van der Waals surface area contributed by atoms with E-state index in [1.807, 2.05) is 19.1 Å². The van der Waals surface area contributed by atoms with Crippen LogP contribution >= 0.6 is 11.6 Å². The van der Waals surface area contributed by atoms with Crippen LogP contribution in [-0.4, -0.2) is 15.1 Å². The monoisotopic (exact) mass is 273 g/mol. The molecule has 0 spiro atoms. The maximum Gasteiger partial charge on any atom is 0.263 e. The second-order valence-corrected chi connectivity index (χ2v) is 4.95. The Morgan fingerprint density at radius 1 is 1.11 bits per heavy atom. The Morgan fingerprint density at radius 2 is 1.89 bits per heavy atom. The zero-order valence-electron chi connectivity index (χ0n) is 10.9. The lowest BCUT2D eigenvalue weighted by Crippen LogP contribution is -1.90. The second kappa shape index (κ2) is 4.31. The number of nitrogens with zero attached hydrogens (tertiary/aromatic N) is 3. The molecule has 0 radical (unpaired) electrons. The minimum Gasteiger partial charge on any atom is -0.335 e. The molecule has 0 aliphatic rings. The number of benzene rings is 1. The van der Waals surface area contributed by atoms with E-state index in [9.17, 15) is 0 Å². The van der Waals surface area contributed by atoms with Crippen LogP contribution in [0.4, 0.5) is 0 Å². The van der Waals surface area contributed by atoms with E-state index in [0.717, 1.165) is 11.1 Å². The normalized spacial score (nSPS) is 11.2. The standard InChI is InChI=1S/C14H12ClN3O/c1-7-4-5-10(8(2)6-7)12-11-13(15)16-9(3)17-14(11)19-18-12/h4-6H,1-3H3. The largest absolute Gasteiger partial charge is 0.335 e. The van der Waals surface area contributed by atoms with Crippen LogP contribution in [0.2, 0.25) is 5.15 Å². The average Bonchev–Trinajstić information content (AvgIpc) is 2.72. The Kier molecular flexibility index (Phi) is 2.75. The van der Waals surface area contributed by atoms with Gasteiger partial charge in [-0.05, 0) is 26.3 Å². The lowest BCUT2D eigenvalue weighted by molar-refractivity contribution is 0.450. The quantitative estimate of drug-likeness (QED) is 0.632. The Balaban J connectivity index is 2.31. The number of aromatic nitrogens is 3. The average molecular weight is 274 g/mol. The van der Waals surface area contributed by atoms with E-state index >= 15 is 0 Å². The van der Waals surface area contributed by atoms with Crippen LogP contribution in [0.1, 0.15) is 17.0 Å². The van der Waals surface area contributed by atoms with E-state index in [-0.39, 0.29) is 0 Å². The first-order chi connectivity index (χ1) is 9.06. The number of hydrogen-bond acceptors (Lipinski definition) is 4. The highest BCUT2D eigenvalue weighted by Gasteiger charge is 2.17. The van der Waals surface area contributed by atoms with E-state index < -0.39 is 0 Å². The molecule has 0 atom stereocenters. The molecule has 0 aliphatic carbocycles. The molecule has 0 unspecified atom stereocenters. The van der Waals surface area contributed by atoms with Gasteiger partial charge >= 0.3 is 0 Å². The van der Waals surface area contributed by atoms with Crippen molar-refractivity contribution in [2.75, 3.05) is 0 Å². The molecule has 2 heterocycles. The fraction of sp³-hybridized carbons (Fsp3) is 0.214. The van der Waals surface area contributed by atoms with E-state index in [4.69, 9.17) is 16.1 Å². The Morgan fingerprint density at radius 3 is 2.63 bits per heavy atom. The van der Waals surface area contributed by atoms with Gasteiger partial charge in [-0.3, -0.25) is 0 Å². The highest BCUT2D eigenvalue weighted by Crippen LogP contribution is 2.33. The van der Waals surface area contributed by atoms with Crippen LogP contribution in [-0.2, 0) is 0 Å². The lowest BCUT2D eigenvalue weighted by atomic mass is 10.0. The molecule has 5 heteroatoms. The molecule has 3 rings (SSSR count). The van der Waals surface area contributed by atoms with Gasteiger partial charge in [0.1, 0.15) is 22.1 Å². The zero-order valence-corrected chi connectivity index (χ0v) is 11.6. The highest BCUT2D eigenvalue weighted by molar-refractivity contribution is 6.34. The van der Waals surface area contributed by atoms with Crippen LogP contribution < -0.4 is 0 Å². The summed E-state index contributed by atoms with van der Waals surface area (Å²) in [5.74, 6) is 0.570. The SMILES string of the molecule is Cc1ccc(-c2noc3nc(C)nc(Cl)c23)c(C)c1. The first kappa shape index (κ1) is 12.1. The number of fused-ring (bicyclic) bond motifs is 1. The van der Waals surface area contributed by atoms with Crippen molar-refractivity contribution >= 4 is 22.7 Å². The Hall–Kier alpha value is -1.94. The van der Waals surface area contributed by atoms with E-state index in [2.05, 4.69) is 28.1 Å². The fourth-order valence-electron chi connectivity index (χ4n) is 2.18. The predicted molar refractivity (Wildman–Crippen MR) is 74.3 cm³/mol. The predicted octanol–water partition coefficient (Wildman–Crippen LogP) is 3.86. The maximum absolute atomic E-state index is 6.19. The molecule has 0 N–H and O–H groups in total. The molecular formula is C14H12ClN3O. The van der Waals surface area contributed by atoms with Crippen molar-refractivity contribution in [3.05, 3.63) is 40.3 Å². The van der Waals surface area contributed by atoms with Gasteiger partial charge < -0.3 is 4.52 Å². The molecule has 0 saturated carbocycles. The lowest BCUT2D eigenvalue weighted by Gasteiger charge is -2.04. The minimum absolute atomic E-state index is 0.374. The molecule has 3 aromatic rings. The number of aryl methyl sites for hydroxylation is 3. The molecule has 2 aromatic heterocycles. The Bertz CT molecular complexity index is 780. The van der Waals surface area contributed by atoms with Gasteiger partial charge in [0.2, 0.25) is 0 Å². The summed E-state index contributed by atoms with van der Waals surface area (Å²) in [4.78, 5) is 8.37. The summed E-state index contributed by atoms with van der Waals surface area (Å²) in [5.41, 5.74) is 4.42. The van der Waals surface area contributed by atoms with Crippen LogP contribution in [0.25, 0.3) is 22.4 Å². The summed E-state index contributed by atoms with van der Waals surface area (Å²) >= 11 is 6.19. The third kappa shape index (κ3) is 1.98. The van der Waals surface area contributed by atoms with Crippen LogP contribution in [0, 0.1) is 20.8 Å². The summed E-state index contributed by atoms with van der Waals surface area (Å²) in [7, 11) is 0. The smallest absolute Gasteiger partial charge is 0.263 e. The minimum atomic E-state index is 0.374. The van der Waals surface area contributed by atoms with Crippen molar-refractivity contribution in [2.24, 2.45) is 0 Å². The van der Waals surface area contributed by atoms with Gasteiger partial charge in [-0.25, -0.2) is 4.98 Å². The van der Waals surface area contributed by atoms with E-state index in [1.165, 1.54) is 5.56 Å².